The summed E-state index contributed by atoms with van der Waals surface area (Å²) in [6, 6.07) is 3.43. The Bertz CT molecular complexity index is 368. The van der Waals surface area contributed by atoms with Crippen LogP contribution in [0.2, 0.25) is 0 Å². The maximum absolute atomic E-state index is 11.3. The summed E-state index contributed by atoms with van der Waals surface area (Å²) in [5.74, 6) is 0.344. The van der Waals surface area contributed by atoms with Crippen molar-refractivity contribution in [3.8, 4) is 5.88 Å². The fraction of sp³-hybridized carbons (Fsp3) is 0.538. The van der Waals surface area contributed by atoms with Crippen molar-refractivity contribution in [3.63, 3.8) is 0 Å². The number of methoxy groups -OCH3 is 1. The summed E-state index contributed by atoms with van der Waals surface area (Å²) in [7, 11) is 1.64. The van der Waals surface area contributed by atoms with Gasteiger partial charge in [0.25, 0.3) is 0 Å². The Morgan fingerprint density at radius 1 is 1.28 bits per heavy atom. The topological polar surface area (TPSA) is 57.6 Å². The molecule has 0 aliphatic carbocycles. The van der Waals surface area contributed by atoms with Crippen LogP contribution in [0.5, 0.6) is 5.88 Å². The van der Waals surface area contributed by atoms with Crippen LogP contribution >= 0.6 is 0 Å². The first-order valence-electron chi connectivity index (χ1n) is 5.91. The SMILES string of the molecule is COCCOCCCOc1ncccc1C(C)=O. The number of Topliss-reactive ketones (excluding diaryl/α,β-unsaturated/α-hetero) is 1. The molecule has 0 spiro atoms. The number of ketones is 1. The number of hydrogen-bond acceptors (Lipinski definition) is 5. The normalized spacial score (nSPS) is 10.3. The molecule has 1 rings (SSSR count). The summed E-state index contributed by atoms with van der Waals surface area (Å²) < 4.78 is 15.6. The zero-order chi connectivity index (χ0) is 13.2. The van der Waals surface area contributed by atoms with E-state index in [2.05, 4.69) is 4.98 Å². The van der Waals surface area contributed by atoms with E-state index in [0.29, 0.717) is 37.9 Å². The molecule has 0 aromatic carbocycles. The lowest BCUT2D eigenvalue weighted by atomic mass is 10.2. The van der Waals surface area contributed by atoms with E-state index in [1.165, 1.54) is 6.92 Å². The van der Waals surface area contributed by atoms with Crippen molar-refractivity contribution in [2.24, 2.45) is 0 Å². The number of carbonyl (C=O) groups excluding carboxylic acids is 1. The van der Waals surface area contributed by atoms with Crippen molar-refractivity contribution < 1.29 is 19.0 Å². The number of nitrogens with zero attached hydrogens (tertiary/aromatic N) is 1. The molecule has 0 unspecified atom stereocenters. The third-order valence-corrected chi connectivity index (χ3v) is 2.25. The molecule has 0 saturated carbocycles. The minimum absolute atomic E-state index is 0.0468. The van der Waals surface area contributed by atoms with Gasteiger partial charge in [-0.25, -0.2) is 4.98 Å². The molecule has 0 N–H and O–H groups in total. The van der Waals surface area contributed by atoms with E-state index in [1.54, 1.807) is 25.4 Å². The fourth-order valence-electron chi connectivity index (χ4n) is 1.35. The Morgan fingerprint density at radius 3 is 2.83 bits per heavy atom. The predicted molar refractivity (Wildman–Crippen MR) is 67.0 cm³/mol. The molecule has 1 heterocycles. The molecular formula is C13H19NO4. The Hall–Kier alpha value is -1.46. The van der Waals surface area contributed by atoms with Crippen LogP contribution in [-0.2, 0) is 9.47 Å². The van der Waals surface area contributed by atoms with E-state index in [-0.39, 0.29) is 5.78 Å². The van der Waals surface area contributed by atoms with E-state index >= 15 is 0 Å². The summed E-state index contributed by atoms with van der Waals surface area (Å²) in [6.45, 7) is 3.75. The molecule has 0 amide bonds. The monoisotopic (exact) mass is 253 g/mol. The molecule has 18 heavy (non-hydrogen) atoms. The van der Waals surface area contributed by atoms with Gasteiger partial charge in [-0.05, 0) is 19.1 Å². The zero-order valence-corrected chi connectivity index (χ0v) is 10.8. The standard InChI is InChI=1S/C13H19NO4/c1-11(15)12-5-3-6-14-13(12)18-8-4-7-17-10-9-16-2/h3,5-6H,4,7-10H2,1-2H3. The molecular weight excluding hydrogens is 234 g/mol. The third-order valence-electron chi connectivity index (χ3n) is 2.25. The van der Waals surface area contributed by atoms with Crippen LogP contribution < -0.4 is 4.74 Å². The molecule has 0 radical (unpaired) electrons. The van der Waals surface area contributed by atoms with Gasteiger partial charge < -0.3 is 14.2 Å². The van der Waals surface area contributed by atoms with Gasteiger partial charge in [0.1, 0.15) is 0 Å². The fourth-order valence-corrected chi connectivity index (χ4v) is 1.35. The number of pyridine rings is 1. The second kappa shape index (κ2) is 8.60. The van der Waals surface area contributed by atoms with E-state index in [0.717, 1.165) is 6.42 Å². The number of rotatable bonds is 9. The molecule has 0 saturated heterocycles. The molecule has 5 heteroatoms. The summed E-state index contributed by atoms with van der Waals surface area (Å²) in [5.41, 5.74) is 0.512. The highest BCUT2D eigenvalue weighted by atomic mass is 16.5. The van der Waals surface area contributed by atoms with E-state index in [1.807, 2.05) is 0 Å². The van der Waals surface area contributed by atoms with Crippen LogP contribution in [0.3, 0.4) is 0 Å². The third kappa shape index (κ3) is 5.25. The van der Waals surface area contributed by atoms with Crippen LogP contribution in [0, 0.1) is 0 Å². The molecule has 0 fully saturated rings. The summed E-state index contributed by atoms with van der Waals surface area (Å²) in [6.07, 6.45) is 2.36. The average molecular weight is 253 g/mol. The van der Waals surface area contributed by atoms with Crippen molar-refractivity contribution in [1.29, 1.82) is 0 Å². The van der Waals surface area contributed by atoms with Gasteiger partial charge in [0.2, 0.25) is 5.88 Å². The summed E-state index contributed by atoms with van der Waals surface area (Å²) in [5, 5.41) is 0. The first-order valence-corrected chi connectivity index (χ1v) is 5.91. The van der Waals surface area contributed by atoms with Gasteiger partial charge in [-0.1, -0.05) is 0 Å². The smallest absolute Gasteiger partial charge is 0.224 e. The number of ether oxygens (including phenoxy) is 3. The number of hydrogen-bond donors (Lipinski definition) is 0. The molecule has 0 aliphatic rings. The van der Waals surface area contributed by atoms with E-state index in [4.69, 9.17) is 14.2 Å². The Balaban J connectivity index is 2.25. The Kier molecular flexibility index (Phi) is 6.98. The quantitative estimate of drug-likeness (QED) is 0.495. The lowest BCUT2D eigenvalue weighted by molar-refractivity contribution is 0.0641. The van der Waals surface area contributed by atoms with E-state index < -0.39 is 0 Å². The van der Waals surface area contributed by atoms with Crippen LogP contribution in [-0.4, -0.2) is 44.3 Å². The van der Waals surface area contributed by atoms with Gasteiger partial charge in [-0.2, -0.15) is 0 Å². The minimum atomic E-state index is -0.0468. The van der Waals surface area contributed by atoms with Crippen LogP contribution in [0.15, 0.2) is 18.3 Å². The van der Waals surface area contributed by atoms with Crippen LogP contribution in [0.4, 0.5) is 0 Å². The molecule has 1 aromatic rings. The second-order valence-electron chi connectivity index (χ2n) is 3.72. The lowest BCUT2D eigenvalue weighted by Gasteiger charge is -2.08. The van der Waals surface area contributed by atoms with Crippen molar-refractivity contribution in [1.82, 2.24) is 4.98 Å². The maximum atomic E-state index is 11.3. The minimum Gasteiger partial charge on any atom is -0.477 e. The molecule has 1 aromatic heterocycles. The molecule has 0 aliphatic heterocycles. The highest BCUT2D eigenvalue weighted by molar-refractivity contribution is 5.96. The number of aromatic nitrogens is 1. The maximum Gasteiger partial charge on any atom is 0.224 e. The van der Waals surface area contributed by atoms with Crippen LogP contribution in [0.1, 0.15) is 23.7 Å². The highest BCUT2D eigenvalue weighted by Crippen LogP contribution is 2.14. The summed E-state index contributed by atoms with van der Waals surface area (Å²) in [4.78, 5) is 15.4. The average Bonchev–Trinajstić information content (AvgIpc) is 2.38. The predicted octanol–water partition coefficient (Wildman–Crippen LogP) is 1.72. The first-order chi connectivity index (χ1) is 8.75. The largest absolute Gasteiger partial charge is 0.477 e. The van der Waals surface area contributed by atoms with Crippen molar-refractivity contribution >= 4 is 5.78 Å². The van der Waals surface area contributed by atoms with Crippen molar-refractivity contribution in [3.05, 3.63) is 23.9 Å². The van der Waals surface area contributed by atoms with Gasteiger partial charge in [-0.3, -0.25) is 4.79 Å². The number of carbonyl (C=O) groups is 1. The van der Waals surface area contributed by atoms with Gasteiger partial charge in [-0.15, -0.1) is 0 Å². The Morgan fingerprint density at radius 2 is 2.11 bits per heavy atom. The Labute approximate surface area is 107 Å². The molecule has 0 bridgehead atoms. The molecule has 100 valence electrons. The van der Waals surface area contributed by atoms with Crippen LogP contribution in [0.25, 0.3) is 0 Å². The van der Waals surface area contributed by atoms with Gasteiger partial charge in [0.05, 0.1) is 25.4 Å². The highest BCUT2D eigenvalue weighted by Gasteiger charge is 2.08. The van der Waals surface area contributed by atoms with Gasteiger partial charge in [0, 0.05) is 26.3 Å². The lowest BCUT2D eigenvalue weighted by Crippen LogP contribution is -2.09. The van der Waals surface area contributed by atoms with Crippen molar-refractivity contribution in [2.75, 3.05) is 33.5 Å². The van der Waals surface area contributed by atoms with Gasteiger partial charge >= 0.3 is 0 Å². The first kappa shape index (κ1) is 14.6. The zero-order valence-electron chi connectivity index (χ0n) is 10.8. The second-order valence-corrected chi connectivity index (χ2v) is 3.72. The summed E-state index contributed by atoms with van der Waals surface area (Å²) >= 11 is 0. The van der Waals surface area contributed by atoms with Crippen molar-refractivity contribution in [2.45, 2.75) is 13.3 Å². The van der Waals surface area contributed by atoms with E-state index in [9.17, 15) is 4.79 Å². The molecule has 5 nitrogen and oxygen atoms in total. The van der Waals surface area contributed by atoms with Gasteiger partial charge in [0.15, 0.2) is 5.78 Å². The molecule has 0 atom stereocenters.